The zero-order chi connectivity index (χ0) is 20.8. The van der Waals surface area contributed by atoms with Gasteiger partial charge < -0.3 is 20.7 Å². The SMILES string of the molecule is C[C@@H](NC(=O)OC(C)(C)C)C(=O)N[C@H](C)C(=O)Nc1ccc([N+](=O)[O-])cc1. The number of nitro groups is 1. The molecule has 27 heavy (non-hydrogen) atoms. The molecule has 1 rings (SSSR count). The summed E-state index contributed by atoms with van der Waals surface area (Å²) in [5.41, 5.74) is -0.443. The Hall–Kier alpha value is -3.17. The van der Waals surface area contributed by atoms with Gasteiger partial charge in [0.1, 0.15) is 17.7 Å². The van der Waals surface area contributed by atoms with Crippen LogP contribution in [-0.2, 0) is 14.3 Å². The van der Waals surface area contributed by atoms with Gasteiger partial charge >= 0.3 is 6.09 Å². The molecule has 10 nitrogen and oxygen atoms in total. The monoisotopic (exact) mass is 380 g/mol. The first-order chi connectivity index (χ1) is 12.4. The molecule has 0 saturated heterocycles. The molecule has 10 heteroatoms. The number of hydrogen-bond donors (Lipinski definition) is 3. The lowest BCUT2D eigenvalue weighted by atomic mass is 10.2. The summed E-state index contributed by atoms with van der Waals surface area (Å²) in [7, 11) is 0. The summed E-state index contributed by atoms with van der Waals surface area (Å²) in [5.74, 6) is -1.08. The first kappa shape index (κ1) is 21.9. The second-order valence-corrected chi connectivity index (χ2v) is 6.89. The fourth-order valence-electron chi connectivity index (χ4n) is 1.87. The van der Waals surface area contributed by atoms with E-state index in [0.29, 0.717) is 5.69 Å². The summed E-state index contributed by atoms with van der Waals surface area (Å²) in [6, 6.07) is 3.48. The Morgan fingerprint density at radius 2 is 1.52 bits per heavy atom. The zero-order valence-corrected chi connectivity index (χ0v) is 15.9. The number of amides is 3. The Kier molecular flexibility index (Phi) is 7.26. The van der Waals surface area contributed by atoms with Gasteiger partial charge in [-0.1, -0.05) is 0 Å². The lowest BCUT2D eigenvalue weighted by molar-refractivity contribution is -0.384. The Morgan fingerprint density at radius 3 is 2.00 bits per heavy atom. The minimum Gasteiger partial charge on any atom is -0.444 e. The van der Waals surface area contributed by atoms with E-state index in [2.05, 4.69) is 16.0 Å². The van der Waals surface area contributed by atoms with Crippen molar-refractivity contribution >= 4 is 29.3 Å². The smallest absolute Gasteiger partial charge is 0.408 e. The van der Waals surface area contributed by atoms with Crippen molar-refractivity contribution in [2.24, 2.45) is 0 Å². The Bertz CT molecular complexity index is 711. The number of carbonyl (C=O) groups excluding carboxylic acids is 3. The van der Waals surface area contributed by atoms with Gasteiger partial charge in [0.15, 0.2) is 0 Å². The van der Waals surface area contributed by atoms with Gasteiger partial charge in [-0.25, -0.2) is 4.79 Å². The van der Waals surface area contributed by atoms with E-state index in [9.17, 15) is 24.5 Å². The molecule has 148 valence electrons. The molecule has 2 atom stereocenters. The van der Waals surface area contributed by atoms with Gasteiger partial charge in [-0.15, -0.1) is 0 Å². The summed E-state index contributed by atoms with van der Waals surface area (Å²) in [5, 5.41) is 18.0. The van der Waals surface area contributed by atoms with Gasteiger partial charge in [0.05, 0.1) is 4.92 Å². The number of rotatable bonds is 6. The molecule has 0 saturated carbocycles. The van der Waals surface area contributed by atoms with Crippen molar-refractivity contribution in [3.8, 4) is 0 Å². The number of alkyl carbamates (subject to hydrolysis) is 1. The van der Waals surface area contributed by atoms with Crippen LogP contribution in [0.4, 0.5) is 16.2 Å². The molecule has 0 aliphatic heterocycles. The highest BCUT2D eigenvalue weighted by Crippen LogP contribution is 2.15. The van der Waals surface area contributed by atoms with Gasteiger partial charge in [0, 0.05) is 17.8 Å². The third kappa shape index (κ3) is 7.72. The highest BCUT2D eigenvalue weighted by atomic mass is 16.6. The molecule has 3 amide bonds. The van der Waals surface area contributed by atoms with Gasteiger partial charge in [-0.05, 0) is 46.8 Å². The zero-order valence-electron chi connectivity index (χ0n) is 15.9. The number of hydrogen-bond acceptors (Lipinski definition) is 6. The third-order valence-corrected chi connectivity index (χ3v) is 3.22. The van der Waals surface area contributed by atoms with Crippen LogP contribution in [0.3, 0.4) is 0 Å². The fourth-order valence-corrected chi connectivity index (χ4v) is 1.87. The summed E-state index contributed by atoms with van der Waals surface area (Å²) in [6.45, 7) is 8.02. The predicted octanol–water partition coefficient (Wildman–Crippen LogP) is 1.95. The highest BCUT2D eigenvalue weighted by Gasteiger charge is 2.23. The van der Waals surface area contributed by atoms with E-state index in [-0.39, 0.29) is 5.69 Å². The molecule has 0 aliphatic rings. The molecule has 3 N–H and O–H groups in total. The molecular weight excluding hydrogens is 356 g/mol. The van der Waals surface area contributed by atoms with E-state index in [1.807, 2.05) is 0 Å². The number of ether oxygens (including phenoxy) is 1. The van der Waals surface area contributed by atoms with Gasteiger partial charge in [0.25, 0.3) is 5.69 Å². The summed E-state index contributed by atoms with van der Waals surface area (Å²) >= 11 is 0. The van der Waals surface area contributed by atoms with Crippen LogP contribution in [0.2, 0.25) is 0 Å². The molecule has 0 radical (unpaired) electrons. The topological polar surface area (TPSA) is 140 Å². The Balaban J connectivity index is 2.54. The molecular formula is C17H24N4O6. The van der Waals surface area contributed by atoms with E-state index in [1.165, 1.54) is 38.1 Å². The van der Waals surface area contributed by atoms with Crippen LogP contribution in [0.15, 0.2) is 24.3 Å². The average Bonchev–Trinajstić information content (AvgIpc) is 2.53. The Labute approximate surface area is 156 Å². The van der Waals surface area contributed by atoms with Crippen LogP contribution >= 0.6 is 0 Å². The Morgan fingerprint density at radius 1 is 1.00 bits per heavy atom. The second-order valence-electron chi connectivity index (χ2n) is 6.89. The average molecular weight is 380 g/mol. The molecule has 0 heterocycles. The summed E-state index contributed by atoms with van der Waals surface area (Å²) in [6.07, 6.45) is -0.742. The number of nitrogens with one attached hydrogen (secondary N) is 3. The van der Waals surface area contributed by atoms with Crippen LogP contribution in [-0.4, -0.2) is 40.5 Å². The van der Waals surface area contributed by atoms with Gasteiger partial charge in [-0.3, -0.25) is 19.7 Å². The van der Waals surface area contributed by atoms with Crippen LogP contribution in [0.25, 0.3) is 0 Å². The van der Waals surface area contributed by atoms with Crippen LogP contribution in [0, 0.1) is 10.1 Å². The number of benzene rings is 1. The van der Waals surface area contributed by atoms with Crippen LogP contribution < -0.4 is 16.0 Å². The first-order valence-electron chi connectivity index (χ1n) is 8.24. The number of non-ortho nitro benzene ring substituents is 1. The molecule has 1 aromatic carbocycles. The second kappa shape index (κ2) is 8.97. The minimum absolute atomic E-state index is 0.101. The van der Waals surface area contributed by atoms with Crippen molar-refractivity contribution < 1.29 is 24.0 Å². The molecule has 0 aliphatic carbocycles. The van der Waals surface area contributed by atoms with E-state index in [1.54, 1.807) is 20.8 Å². The molecule has 0 fully saturated rings. The van der Waals surface area contributed by atoms with Crippen molar-refractivity contribution in [3.05, 3.63) is 34.4 Å². The maximum Gasteiger partial charge on any atom is 0.408 e. The standard InChI is InChI=1S/C17H24N4O6/c1-10(15(23)20-12-6-8-13(9-7-12)21(25)26)18-14(22)11(2)19-16(24)27-17(3,4)5/h6-11H,1-5H3,(H,18,22)(H,19,24)(H,20,23)/t10-,11-/m1/s1. The van der Waals surface area contributed by atoms with Crippen molar-refractivity contribution in [2.75, 3.05) is 5.32 Å². The van der Waals surface area contributed by atoms with Crippen LogP contribution in [0.1, 0.15) is 34.6 Å². The molecule has 0 bridgehead atoms. The predicted molar refractivity (Wildman–Crippen MR) is 98.2 cm³/mol. The maximum absolute atomic E-state index is 12.1. The van der Waals surface area contributed by atoms with Crippen molar-refractivity contribution in [2.45, 2.75) is 52.3 Å². The normalized spacial score (nSPS) is 13.1. The minimum atomic E-state index is -0.908. The lowest BCUT2D eigenvalue weighted by Gasteiger charge is -2.22. The third-order valence-electron chi connectivity index (χ3n) is 3.22. The number of nitro benzene ring substituents is 1. The largest absolute Gasteiger partial charge is 0.444 e. The van der Waals surface area contributed by atoms with E-state index in [4.69, 9.17) is 4.74 Å². The molecule has 0 aromatic heterocycles. The number of carbonyl (C=O) groups is 3. The number of nitrogens with zero attached hydrogens (tertiary/aromatic N) is 1. The summed E-state index contributed by atoms with van der Waals surface area (Å²) < 4.78 is 5.06. The van der Waals surface area contributed by atoms with Crippen molar-refractivity contribution in [1.29, 1.82) is 0 Å². The van der Waals surface area contributed by atoms with Crippen LogP contribution in [0.5, 0.6) is 0 Å². The molecule has 0 unspecified atom stereocenters. The van der Waals surface area contributed by atoms with E-state index in [0.717, 1.165) is 0 Å². The van der Waals surface area contributed by atoms with E-state index < -0.39 is 40.5 Å². The maximum atomic E-state index is 12.1. The van der Waals surface area contributed by atoms with Gasteiger partial charge in [-0.2, -0.15) is 0 Å². The van der Waals surface area contributed by atoms with E-state index >= 15 is 0 Å². The first-order valence-corrected chi connectivity index (χ1v) is 8.24. The quantitative estimate of drug-likeness (QED) is 0.509. The molecule has 0 spiro atoms. The molecule has 1 aromatic rings. The lowest BCUT2D eigenvalue weighted by Crippen LogP contribution is -2.51. The fraction of sp³-hybridized carbons (Fsp3) is 0.471. The van der Waals surface area contributed by atoms with Crippen molar-refractivity contribution in [1.82, 2.24) is 10.6 Å². The van der Waals surface area contributed by atoms with Crippen molar-refractivity contribution in [3.63, 3.8) is 0 Å². The summed E-state index contributed by atoms with van der Waals surface area (Å²) in [4.78, 5) is 46.0. The number of anilines is 1. The van der Waals surface area contributed by atoms with Gasteiger partial charge in [0.2, 0.25) is 11.8 Å². The highest BCUT2D eigenvalue weighted by molar-refractivity contribution is 5.97.